The zero-order chi connectivity index (χ0) is 13.8. The molecule has 110 valence electrons. The van der Waals surface area contributed by atoms with E-state index >= 15 is 0 Å². The Balaban J connectivity index is 1.51. The predicted octanol–water partition coefficient (Wildman–Crippen LogP) is 1.26. The first-order valence-electron chi connectivity index (χ1n) is 7.78. The van der Waals surface area contributed by atoms with Gasteiger partial charge in [-0.05, 0) is 18.9 Å². The van der Waals surface area contributed by atoms with Gasteiger partial charge in [0.2, 0.25) is 5.95 Å². The third-order valence-corrected chi connectivity index (χ3v) is 4.60. The highest BCUT2D eigenvalue weighted by atomic mass is 15.3. The van der Waals surface area contributed by atoms with Crippen LogP contribution in [-0.2, 0) is 0 Å². The highest BCUT2D eigenvalue weighted by Crippen LogP contribution is 2.27. The molecule has 1 aromatic heterocycles. The SMILES string of the molecule is NC1(CN2CCN(c3ncccn3)CC2)CCCCC1. The minimum absolute atomic E-state index is 0.0592. The lowest BCUT2D eigenvalue weighted by Gasteiger charge is -2.41. The highest BCUT2D eigenvalue weighted by molar-refractivity contribution is 5.29. The van der Waals surface area contributed by atoms with E-state index in [4.69, 9.17) is 5.73 Å². The first-order chi connectivity index (χ1) is 9.75. The van der Waals surface area contributed by atoms with E-state index in [0.717, 1.165) is 38.7 Å². The summed E-state index contributed by atoms with van der Waals surface area (Å²) < 4.78 is 0. The number of hydrogen-bond donors (Lipinski definition) is 1. The van der Waals surface area contributed by atoms with Gasteiger partial charge >= 0.3 is 0 Å². The average Bonchev–Trinajstić information content (AvgIpc) is 2.49. The molecule has 0 atom stereocenters. The minimum atomic E-state index is 0.0592. The Hall–Kier alpha value is -1.20. The number of nitrogens with zero attached hydrogens (tertiary/aromatic N) is 4. The number of nitrogens with two attached hydrogens (primary N) is 1. The average molecular weight is 275 g/mol. The van der Waals surface area contributed by atoms with Crippen LogP contribution in [0.25, 0.3) is 0 Å². The van der Waals surface area contributed by atoms with Crippen molar-refractivity contribution in [3.8, 4) is 0 Å². The van der Waals surface area contributed by atoms with Gasteiger partial charge in [-0.15, -0.1) is 0 Å². The maximum absolute atomic E-state index is 6.56. The van der Waals surface area contributed by atoms with Gasteiger partial charge in [-0.1, -0.05) is 19.3 Å². The molecular formula is C15H25N5. The fraction of sp³-hybridized carbons (Fsp3) is 0.733. The van der Waals surface area contributed by atoms with Crippen molar-refractivity contribution >= 4 is 5.95 Å². The van der Waals surface area contributed by atoms with Crippen molar-refractivity contribution in [3.05, 3.63) is 18.5 Å². The number of anilines is 1. The van der Waals surface area contributed by atoms with Gasteiger partial charge in [0.1, 0.15) is 0 Å². The summed E-state index contributed by atoms with van der Waals surface area (Å²) in [5.74, 6) is 0.854. The minimum Gasteiger partial charge on any atom is -0.338 e. The zero-order valence-electron chi connectivity index (χ0n) is 12.2. The quantitative estimate of drug-likeness (QED) is 0.900. The van der Waals surface area contributed by atoms with Gasteiger partial charge < -0.3 is 10.6 Å². The monoisotopic (exact) mass is 275 g/mol. The molecule has 3 rings (SSSR count). The van der Waals surface area contributed by atoms with Crippen LogP contribution in [0.3, 0.4) is 0 Å². The maximum Gasteiger partial charge on any atom is 0.225 e. The largest absolute Gasteiger partial charge is 0.338 e. The first kappa shape index (κ1) is 13.8. The van der Waals surface area contributed by atoms with E-state index in [1.165, 1.54) is 32.1 Å². The lowest BCUT2D eigenvalue weighted by molar-refractivity contribution is 0.165. The van der Waals surface area contributed by atoms with Crippen LogP contribution in [0, 0.1) is 0 Å². The van der Waals surface area contributed by atoms with Gasteiger partial charge in [-0.3, -0.25) is 4.90 Å². The van der Waals surface area contributed by atoms with Gasteiger partial charge in [-0.2, -0.15) is 0 Å². The van der Waals surface area contributed by atoms with E-state index in [1.807, 2.05) is 18.5 Å². The van der Waals surface area contributed by atoms with Crippen LogP contribution >= 0.6 is 0 Å². The number of rotatable bonds is 3. The smallest absolute Gasteiger partial charge is 0.225 e. The van der Waals surface area contributed by atoms with E-state index in [9.17, 15) is 0 Å². The molecule has 1 saturated carbocycles. The number of aromatic nitrogens is 2. The molecule has 2 heterocycles. The molecule has 2 aliphatic rings. The Labute approximate surface area is 121 Å². The van der Waals surface area contributed by atoms with Crippen LogP contribution in [-0.4, -0.2) is 53.1 Å². The van der Waals surface area contributed by atoms with E-state index in [2.05, 4.69) is 19.8 Å². The number of piperazine rings is 1. The van der Waals surface area contributed by atoms with E-state index in [1.54, 1.807) is 0 Å². The summed E-state index contributed by atoms with van der Waals surface area (Å²) in [4.78, 5) is 13.4. The molecule has 0 aromatic carbocycles. The molecule has 1 aliphatic heterocycles. The van der Waals surface area contributed by atoms with Gasteiger partial charge in [0.05, 0.1) is 0 Å². The summed E-state index contributed by atoms with van der Waals surface area (Å²) >= 11 is 0. The molecule has 0 radical (unpaired) electrons. The van der Waals surface area contributed by atoms with Crippen LogP contribution in [0.2, 0.25) is 0 Å². The molecule has 2 fully saturated rings. The second-order valence-electron chi connectivity index (χ2n) is 6.24. The zero-order valence-corrected chi connectivity index (χ0v) is 12.2. The maximum atomic E-state index is 6.56. The molecule has 2 N–H and O–H groups in total. The highest BCUT2D eigenvalue weighted by Gasteiger charge is 2.31. The molecule has 20 heavy (non-hydrogen) atoms. The summed E-state index contributed by atoms with van der Waals surface area (Å²) in [6.45, 7) is 5.19. The molecule has 5 nitrogen and oxygen atoms in total. The topological polar surface area (TPSA) is 58.3 Å². The molecule has 0 unspecified atom stereocenters. The summed E-state index contributed by atoms with van der Waals surface area (Å²) in [5.41, 5.74) is 6.61. The molecule has 0 spiro atoms. The molecule has 0 amide bonds. The third kappa shape index (κ3) is 3.27. The van der Waals surface area contributed by atoms with Gasteiger partial charge in [0, 0.05) is 50.7 Å². The fourth-order valence-corrected chi connectivity index (χ4v) is 3.42. The van der Waals surface area contributed by atoms with Crippen molar-refractivity contribution in [2.75, 3.05) is 37.6 Å². The summed E-state index contributed by atoms with van der Waals surface area (Å²) in [7, 11) is 0. The van der Waals surface area contributed by atoms with Gasteiger partial charge in [0.25, 0.3) is 0 Å². The Morgan fingerprint density at radius 3 is 2.30 bits per heavy atom. The molecule has 1 aromatic rings. The van der Waals surface area contributed by atoms with Crippen LogP contribution < -0.4 is 10.6 Å². The van der Waals surface area contributed by atoms with Crippen LogP contribution in [0.5, 0.6) is 0 Å². The Morgan fingerprint density at radius 2 is 1.65 bits per heavy atom. The first-order valence-corrected chi connectivity index (χ1v) is 7.78. The Morgan fingerprint density at radius 1 is 1.00 bits per heavy atom. The van der Waals surface area contributed by atoms with E-state index in [-0.39, 0.29) is 5.54 Å². The second-order valence-corrected chi connectivity index (χ2v) is 6.24. The molecule has 5 heteroatoms. The van der Waals surface area contributed by atoms with Crippen LogP contribution in [0.15, 0.2) is 18.5 Å². The van der Waals surface area contributed by atoms with Crippen LogP contribution in [0.4, 0.5) is 5.95 Å². The predicted molar refractivity (Wildman–Crippen MR) is 80.7 cm³/mol. The standard InChI is InChI=1S/C15H25N5/c16-15(5-2-1-3-6-15)13-19-9-11-20(12-10-19)14-17-7-4-8-18-14/h4,7-8H,1-3,5-6,9-13,16H2. The molecule has 1 saturated heterocycles. The van der Waals surface area contributed by atoms with Crippen LogP contribution in [0.1, 0.15) is 32.1 Å². The number of hydrogen-bond acceptors (Lipinski definition) is 5. The molecule has 1 aliphatic carbocycles. The fourth-order valence-electron chi connectivity index (χ4n) is 3.42. The van der Waals surface area contributed by atoms with Crippen molar-refractivity contribution < 1.29 is 0 Å². The van der Waals surface area contributed by atoms with E-state index in [0.29, 0.717) is 0 Å². The second kappa shape index (κ2) is 6.06. The lowest BCUT2D eigenvalue weighted by Crippen LogP contribution is -2.56. The third-order valence-electron chi connectivity index (χ3n) is 4.60. The van der Waals surface area contributed by atoms with Crippen molar-refractivity contribution in [2.24, 2.45) is 5.73 Å². The lowest BCUT2D eigenvalue weighted by atomic mass is 9.82. The van der Waals surface area contributed by atoms with E-state index < -0.39 is 0 Å². The van der Waals surface area contributed by atoms with Gasteiger partial charge in [0.15, 0.2) is 0 Å². The van der Waals surface area contributed by atoms with Crippen molar-refractivity contribution in [1.82, 2.24) is 14.9 Å². The van der Waals surface area contributed by atoms with Crippen molar-refractivity contribution in [1.29, 1.82) is 0 Å². The summed E-state index contributed by atoms with van der Waals surface area (Å²) in [6.07, 6.45) is 9.96. The van der Waals surface area contributed by atoms with Crippen molar-refractivity contribution in [2.45, 2.75) is 37.6 Å². The summed E-state index contributed by atoms with van der Waals surface area (Å²) in [5, 5.41) is 0. The summed E-state index contributed by atoms with van der Waals surface area (Å²) in [6, 6.07) is 1.86. The van der Waals surface area contributed by atoms with Crippen molar-refractivity contribution in [3.63, 3.8) is 0 Å². The molecular weight excluding hydrogens is 250 g/mol. The molecule has 0 bridgehead atoms. The Kier molecular flexibility index (Phi) is 4.17. The van der Waals surface area contributed by atoms with Gasteiger partial charge in [-0.25, -0.2) is 9.97 Å². The normalized spacial score (nSPS) is 23.8. The Bertz CT molecular complexity index is 408.